The van der Waals surface area contributed by atoms with Crippen LogP contribution in [0.4, 0.5) is 0 Å². The quantitative estimate of drug-likeness (QED) is 0.0345. The van der Waals surface area contributed by atoms with Crippen molar-refractivity contribution in [2.75, 3.05) is 13.2 Å². The Hall–Kier alpha value is -1.59. The summed E-state index contributed by atoms with van der Waals surface area (Å²) < 4.78 is 16.8. The van der Waals surface area contributed by atoms with Crippen molar-refractivity contribution in [1.82, 2.24) is 0 Å². The molecule has 0 unspecified atom stereocenters. The van der Waals surface area contributed by atoms with E-state index in [0.29, 0.717) is 19.3 Å². The molecule has 0 heterocycles. The predicted molar refractivity (Wildman–Crippen MR) is 252 cm³/mol. The third kappa shape index (κ3) is 47.3. The van der Waals surface area contributed by atoms with Gasteiger partial charge in [0, 0.05) is 19.3 Å². The Balaban J connectivity index is 4.27. The fourth-order valence-corrected chi connectivity index (χ4v) is 8.04. The molecule has 0 N–H and O–H groups in total. The number of unbranched alkanes of at least 4 members (excludes halogenated alkanes) is 35. The molecule has 0 amide bonds. The monoisotopic (exact) mass is 835 g/mol. The highest BCUT2D eigenvalue weighted by molar-refractivity contribution is 5.71. The molecular formula is C53H102O6. The van der Waals surface area contributed by atoms with Crippen LogP contribution in [0, 0.1) is 5.92 Å². The van der Waals surface area contributed by atoms with Gasteiger partial charge in [0.1, 0.15) is 13.2 Å². The van der Waals surface area contributed by atoms with Crippen molar-refractivity contribution in [2.24, 2.45) is 5.92 Å². The lowest BCUT2D eigenvalue weighted by atomic mass is 10.0. The van der Waals surface area contributed by atoms with Gasteiger partial charge in [-0.1, -0.05) is 259 Å². The minimum Gasteiger partial charge on any atom is -0.462 e. The van der Waals surface area contributed by atoms with E-state index in [0.717, 1.165) is 63.7 Å². The molecule has 1 atom stereocenters. The van der Waals surface area contributed by atoms with Crippen molar-refractivity contribution in [1.29, 1.82) is 0 Å². The lowest BCUT2D eigenvalue weighted by Crippen LogP contribution is -2.30. The molecule has 6 nitrogen and oxygen atoms in total. The molecule has 0 saturated carbocycles. The molecule has 0 radical (unpaired) electrons. The first-order valence-electron chi connectivity index (χ1n) is 26.4. The molecule has 0 aliphatic heterocycles. The third-order valence-corrected chi connectivity index (χ3v) is 12.0. The van der Waals surface area contributed by atoms with Crippen LogP contribution in [0.2, 0.25) is 0 Å². The number of ether oxygens (including phenoxy) is 3. The Morgan fingerprint density at radius 1 is 0.322 bits per heavy atom. The first-order chi connectivity index (χ1) is 28.9. The molecule has 0 rings (SSSR count). The Bertz CT molecular complexity index is 887. The van der Waals surface area contributed by atoms with Crippen LogP contribution in [0.25, 0.3) is 0 Å². The van der Waals surface area contributed by atoms with Gasteiger partial charge in [-0.15, -0.1) is 0 Å². The van der Waals surface area contributed by atoms with Crippen LogP contribution >= 0.6 is 0 Å². The van der Waals surface area contributed by atoms with Gasteiger partial charge in [0.2, 0.25) is 0 Å². The van der Waals surface area contributed by atoms with Crippen molar-refractivity contribution in [2.45, 2.75) is 303 Å². The molecule has 0 saturated heterocycles. The summed E-state index contributed by atoms with van der Waals surface area (Å²) in [4.78, 5) is 37.9. The van der Waals surface area contributed by atoms with Crippen molar-refractivity contribution >= 4 is 17.9 Å². The van der Waals surface area contributed by atoms with Crippen molar-refractivity contribution in [3.8, 4) is 0 Å². The second-order valence-corrected chi connectivity index (χ2v) is 18.6. The molecule has 0 aromatic heterocycles. The van der Waals surface area contributed by atoms with Gasteiger partial charge in [0.05, 0.1) is 0 Å². The van der Waals surface area contributed by atoms with Crippen LogP contribution in [-0.2, 0) is 28.6 Å². The standard InChI is InChI=1S/C53H102O6/c1-5-7-9-11-13-15-17-18-19-20-21-22-23-25-29-34-38-42-46-53(56)59-50(47-57-51(54)44-40-36-32-28-24-16-14-12-10-8-6-2)48-58-52(55)45-41-37-33-30-26-27-31-35-39-43-49(3)4/h49-50H,5-48H2,1-4H3/t50-/m0/s1. The molecule has 0 fully saturated rings. The molecule has 0 spiro atoms. The van der Waals surface area contributed by atoms with E-state index in [9.17, 15) is 14.4 Å². The zero-order valence-corrected chi connectivity index (χ0v) is 40.2. The van der Waals surface area contributed by atoms with Crippen LogP contribution in [0.5, 0.6) is 0 Å². The van der Waals surface area contributed by atoms with Crippen LogP contribution < -0.4 is 0 Å². The first kappa shape index (κ1) is 57.4. The third-order valence-electron chi connectivity index (χ3n) is 12.0. The van der Waals surface area contributed by atoms with Gasteiger partial charge >= 0.3 is 17.9 Å². The molecule has 0 aliphatic rings. The maximum absolute atomic E-state index is 12.8. The number of esters is 3. The maximum Gasteiger partial charge on any atom is 0.306 e. The van der Waals surface area contributed by atoms with Crippen LogP contribution in [0.3, 0.4) is 0 Å². The summed E-state index contributed by atoms with van der Waals surface area (Å²) in [5.74, 6) is -0.0366. The average molecular weight is 835 g/mol. The Kier molecular flexibility index (Phi) is 46.2. The highest BCUT2D eigenvalue weighted by Crippen LogP contribution is 2.17. The van der Waals surface area contributed by atoms with Crippen LogP contribution in [-0.4, -0.2) is 37.2 Å². The topological polar surface area (TPSA) is 78.9 Å². The Morgan fingerprint density at radius 3 is 0.831 bits per heavy atom. The van der Waals surface area contributed by atoms with E-state index in [1.807, 2.05) is 0 Å². The Labute approximate surface area is 368 Å². The van der Waals surface area contributed by atoms with E-state index in [2.05, 4.69) is 27.7 Å². The van der Waals surface area contributed by atoms with E-state index in [1.165, 1.54) is 193 Å². The molecule has 0 bridgehead atoms. The van der Waals surface area contributed by atoms with Crippen molar-refractivity contribution in [3.05, 3.63) is 0 Å². The summed E-state index contributed by atoms with van der Waals surface area (Å²) in [5, 5.41) is 0. The summed E-state index contributed by atoms with van der Waals surface area (Å²) >= 11 is 0. The Morgan fingerprint density at radius 2 is 0.559 bits per heavy atom. The minimum atomic E-state index is -0.760. The summed E-state index contributed by atoms with van der Waals surface area (Å²) in [6.07, 6.45) is 49.5. The average Bonchev–Trinajstić information content (AvgIpc) is 3.22. The number of hydrogen-bond acceptors (Lipinski definition) is 6. The fraction of sp³-hybridized carbons (Fsp3) is 0.943. The number of rotatable bonds is 48. The summed E-state index contributed by atoms with van der Waals surface area (Å²) in [7, 11) is 0. The molecule has 0 aromatic carbocycles. The zero-order valence-electron chi connectivity index (χ0n) is 40.2. The maximum atomic E-state index is 12.8. The van der Waals surface area contributed by atoms with Gasteiger partial charge in [-0.05, 0) is 25.2 Å². The molecule has 350 valence electrons. The van der Waals surface area contributed by atoms with E-state index in [4.69, 9.17) is 14.2 Å². The smallest absolute Gasteiger partial charge is 0.306 e. The molecule has 59 heavy (non-hydrogen) atoms. The van der Waals surface area contributed by atoms with E-state index < -0.39 is 6.10 Å². The van der Waals surface area contributed by atoms with Gasteiger partial charge in [-0.3, -0.25) is 14.4 Å². The normalized spacial score (nSPS) is 11.9. The second kappa shape index (κ2) is 47.5. The van der Waals surface area contributed by atoms with Gasteiger partial charge in [-0.25, -0.2) is 0 Å². The number of carbonyl (C=O) groups is 3. The predicted octanol–water partition coefficient (Wildman–Crippen LogP) is 17.1. The highest BCUT2D eigenvalue weighted by Gasteiger charge is 2.19. The molecule has 6 heteroatoms. The largest absolute Gasteiger partial charge is 0.462 e. The highest BCUT2D eigenvalue weighted by atomic mass is 16.6. The molecule has 0 aliphatic carbocycles. The van der Waals surface area contributed by atoms with E-state index in [-0.39, 0.29) is 31.1 Å². The SMILES string of the molecule is CCCCCCCCCCCCCCCCCCCCC(=O)O[C@@H](COC(=O)CCCCCCCCCCCCC)COC(=O)CCCCCCCCCCCC(C)C. The minimum absolute atomic E-state index is 0.0630. The summed E-state index contributed by atoms with van der Waals surface area (Å²) in [6, 6.07) is 0. The van der Waals surface area contributed by atoms with Crippen molar-refractivity contribution in [3.63, 3.8) is 0 Å². The first-order valence-corrected chi connectivity index (χ1v) is 26.4. The lowest BCUT2D eigenvalue weighted by molar-refractivity contribution is -0.167. The van der Waals surface area contributed by atoms with Gasteiger partial charge in [-0.2, -0.15) is 0 Å². The summed E-state index contributed by atoms with van der Waals surface area (Å²) in [5.41, 5.74) is 0. The van der Waals surface area contributed by atoms with Gasteiger partial charge in [0.25, 0.3) is 0 Å². The number of hydrogen-bond donors (Lipinski definition) is 0. The lowest BCUT2D eigenvalue weighted by Gasteiger charge is -2.18. The van der Waals surface area contributed by atoms with Crippen molar-refractivity contribution < 1.29 is 28.6 Å². The van der Waals surface area contributed by atoms with Gasteiger partial charge < -0.3 is 14.2 Å². The summed E-state index contributed by atoms with van der Waals surface area (Å²) in [6.45, 7) is 9.00. The zero-order chi connectivity index (χ0) is 43.1. The molecule has 0 aromatic rings. The van der Waals surface area contributed by atoms with Gasteiger partial charge in [0.15, 0.2) is 6.10 Å². The van der Waals surface area contributed by atoms with Crippen LogP contribution in [0.1, 0.15) is 297 Å². The van der Waals surface area contributed by atoms with E-state index >= 15 is 0 Å². The number of carbonyl (C=O) groups excluding carboxylic acids is 3. The fourth-order valence-electron chi connectivity index (χ4n) is 8.04. The van der Waals surface area contributed by atoms with E-state index in [1.54, 1.807) is 0 Å². The molecular weight excluding hydrogens is 733 g/mol. The van der Waals surface area contributed by atoms with Crippen LogP contribution in [0.15, 0.2) is 0 Å². The second-order valence-electron chi connectivity index (χ2n) is 18.6.